The SMILES string of the molecule is CC(C)(C)OC(=O)Nc1ccc(Cl)cc1C=NCC/C=C\C[Si](C)(C)C. The number of carbonyl (C=O) groups excluding carboxylic acids is 1. The molecule has 0 aliphatic carbocycles. The van der Waals surface area contributed by atoms with Gasteiger partial charge >= 0.3 is 6.09 Å². The number of hydrogen-bond donors (Lipinski definition) is 1. The van der Waals surface area contributed by atoms with Crippen LogP contribution in [0.4, 0.5) is 10.5 Å². The molecule has 0 unspecified atom stereocenters. The summed E-state index contributed by atoms with van der Waals surface area (Å²) in [6.07, 6.45) is 6.59. The van der Waals surface area contributed by atoms with Crippen molar-refractivity contribution in [2.75, 3.05) is 11.9 Å². The first kappa shape index (κ1) is 22.4. The number of hydrogen-bond acceptors (Lipinski definition) is 3. The van der Waals surface area contributed by atoms with Crippen molar-refractivity contribution in [1.82, 2.24) is 0 Å². The van der Waals surface area contributed by atoms with Gasteiger partial charge < -0.3 is 4.74 Å². The molecule has 4 nitrogen and oxygen atoms in total. The van der Waals surface area contributed by atoms with Crippen LogP contribution in [0.3, 0.4) is 0 Å². The van der Waals surface area contributed by atoms with E-state index >= 15 is 0 Å². The zero-order valence-electron chi connectivity index (χ0n) is 16.7. The number of halogens is 1. The largest absolute Gasteiger partial charge is 0.444 e. The lowest BCUT2D eigenvalue weighted by Gasteiger charge is -2.20. The zero-order valence-corrected chi connectivity index (χ0v) is 18.5. The van der Waals surface area contributed by atoms with Crippen molar-refractivity contribution >= 4 is 37.7 Å². The van der Waals surface area contributed by atoms with Crippen molar-refractivity contribution in [2.24, 2.45) is 4.99 Å². The van der Waals surface area contributed by atoms with E-state index < -0.39 is 19.8 Å². The van der Waals surface area contributed by atoms with Crippen LogP contribution in [0, 0.1) is 0 Å². The molecule has 0 fully saturated rings. The fourth-order valence-corrected chi connectivity index (χ4v) is 3.09. The lowest BCUT2D eigenvalue weighted by Crippen LogP contribution is -2.27. The molecule has 0 aromatic heterocycles. The van der Waals surface area contributed by atoms with Crippen LogP contribution < -0.4 is 5.32 Å². The lowest BCUT2D eigenvalue weighted by molar-refractivity contribution is 0.0636. The zero-order chi connectivity index (χ0) is 19.8. The molecule has 1 aromatic carbocycles. The number of aliphatic imine (C=N–C) groups is 1. The molecule has 0 spiro atoms. The van der Waals surface area contributed by atoms with Crippen molar-refractivity contribution in [3.63, 3.8) is 0 Å². The van der Waals surface area contributed by atoms with Crippen LogP contribution in [-0.4, -0.2) is 32.5 Å². The summed E-state index contributed by atoms with van der Waals surface area (Å²) in [5.41, 5.74) is 0.837. The highest BCUT2D eigenvalue weighted by molar-refractivity contribution is 6.76. The number of allylic oxidation sites excluding steroid dienone is 1. The van der Waals surface area contributed by atoms with Gasteiger partial charge in [0.15, 0.2) is 0 Å². The van der Waals surface area contributed by atoms with E-state index in [1.54, 1.807) is 24.4 Å². The molecule has 0 atom stereocenters. The monoisotopic (exact) mass is 394 g/mol. The summed E-state index contributed by atoms with van der Waals surface area (Å²) in [5.74, 6) is 0. The number of carbonyl (C=O) groups is 1. The summed E-state index contributed by atoms with van der Waals surface area (Å²) in [6.45, 7) is 13.2. The van der Waals surface area contributed by atoms with Gasteiger partial charge in [0.1, 0.15) is 5.60 Å². The van der Waals surface area contributed by atoms with Gasteiger partial charge in [-0.1, -0.05) is 43.4 Å². The van der Waals surface area contributed by atoms with Crippen LogP contribution in [0.25, 0.3) is 0 Å². The molecule has 6 heteroatoms. The Morgan fingerprint density at radius 2 is 1.96 bits per heavy atom. The molecule has 0 aliphatic rings. The van der Waals surface area contributed by atoms with Gasteiger partial charge in [-0.3, -0.25) is 10.3 Å². The third-order valence-corrected chi connectivity index (χ3v) is 4.90. The minimum absolute atomic E-state index is 0.497. The summed E-state index contributed by atoms with van der Waals surface area (Å²) >= 11 is 6.07. The Bertz CT molecular complexity index is 659. The predicted molar refractivity (Wildman–Crippen MR) is 116 cm³/mol. The topological polar surface area (TPSA) is 50.7 Å². The van der Waals surface area contributed by atoms with Gasteiger partial charge in [0, 0.05) is 31.4 Å². The van der Waals surface area contributed by atoms with Gasteiger partial charge in [-0.25, -0.2) is 4.79 Å². The van der Waals surface area contributed by atoms with Gasteiger partial charge in [-0.05, 0) is 51.4 Å². The molecule has 1 rings (SSSR count). The number of ether oxygens (including phenoxy) is 1. The Hall–Kier alpha value is -1.59. The van der Waals surface area contributed by atoms with Gasteiger partial charge in [0.05, 0.1) is 5.69 Å². The van der Waals surface area contributed by atoms with Crippen molar-refractivity contribution in [3.8, 4) is 0 Å². The minimum Gasteiger partial charge on any atom is -0.444 e. The second-order valence-corrected chi connectivity index (χ2v) is 14.4. The molecular weight excluding hydrogens is 364 g/mol. The first-order chi connectivity index (χ1) is 12.0. The molecule has 0 saturated carbocycles. The molecule has 0 saturated heterocycles. The van der Waals surface area contributed by atoms with Crippen LogP contribution in [0.1, 0.15) is 32.8 Å². The molecular formula is C20H31ClN2O2Si. The minimum atomic E-state index is -1.02. The van der Waals surface area contributed by atoms with E-state index in [-0.39, 0.29) is 0 Å². The van der Waals surface area contributed by atoms with E-state index in [1.807, 2.05) is 20.8 Å². The van der Waals surface area contributed by atoms with Crippen LogP contribution in [0.5, 0.6) is 0 Å². The molecule has 0 heterocycles. The van der Waals surface area contributed by atoms with Crippen LogP contribution in [0.2, 0.25) is 30.7 Å². The van der Waals surface area contributed by atoms with Crippen molar-refractivity contribution in [3.05, 3.63) is 40.9 Å². The maximum Gasteiger partial charge on any atom is 0.412 e. The van der Waals surface area contributed by atoms with E-state index in [0.717, 1.165) is 12.0 Å². The Morgan fingerprint density at radius 1 is 1.27 bits per heavy atom. The summed E-state index contributed by atoms with van der Waals surface area (Å²) in [7, 11) is -1.02. The van der Waals surface area contributed by atoms with E-state index in [0.29, 0.717) is 17.3 Å². The molecule has 1 aromatic rings. The predicted octanol–water partition coefficient (Wildman–Crippen LogP) is 6.39. The van der Waals surface area contributed by atoms with Gasteiger partial charge in [0.2, 0.25) is 0 Å². The third kappa shape index (κ3) is 10.4. The number of benzene rings is 1. The van der Waals surface area contributed by atoms with Gasteiger partial charge in [-0.2, -0.15) is 0 Å². The molecule has 1 amide bonds. The number of rotatable bonds is 7. The fraction of sp³-hybridized carbons (Fsp3) is 0.500. The van der Waals surface area contributed by atoms with E-state index in [2.05, 4.69) is 42.1 Å². The molecule has 1 N–H and O–H groups in total. The molecule has 0 bridgehead atoms. The normalized spacial score (nSPS) is 12.7. The van der Waals surface area contributed by atoms with Gasteiger partial charge in [0.25, 0.3) is 0 Å². The average Bonchev–Trinajstić information content (AvgIpc) is 2.45. The van der Waals surface area contributed by atoms with E-state index in [1.165, 1.54) is 6.04 Å². The fourth-order valence-electron chi connectivity index (χ4n) is 2.03. The Labute approximate surface area is 163 Å². The number of nitrogens with zero attached hydrogens (tertiary/aromatic N) is 1. The molecule has 26 heavy (non-hydrogen) atoms. The number of nitrogens with one attached hydrogen (secondary N) is 1. The summed E-state index contributed by atoms with van der Waals surface area (Å²) < 4.78 is 5.29. The van der Waals surface area contributed by atoms with E-state index in [4.69, 9.17) is 16.3 Å². The maximum absolute atomic E-state index is 12.0. The average molecular weight is 395 g/mol. The maximum atomic E-state index is 12.0. The number of anilines is 1. The standard InChI is InChI=1S/C20H31ClN2O2Si/c1-20(2,3)25-19(24)23-18-11-10-17(21)14-16(18)15-22-12-8-7-9-13-26(4,5)6/h7,9-11,14-15H,8,12-13H2,1-6H3,(H,23,24)/b9-7-,22-15?. The van der Waals surface area contributed by atoms with Crippen LogP contribution >= 0.6 is 11.6 Å². The van der Waals surface area contributed by atoms with Crippen molar-refractivity contribution in [1.29, 1.82) is 0 Å². The summed E-state index contributed by atoms with van der Waals surface area (Å²) in [6, 6.07) is 6.44. The summed E-state index contributed by atoms with van der Waals surface area (Å²) in [5, 5.41) is 3.35. The highest BCUT2D eigenvalue weighted by Crippen LogP contribution is 2.20. The van der Waals surface area contributed by atoms with Crippen LogP contribution in [-0.2, 0) is 4.74 Å². The molecule has 0 aliphatic heterocycles. The molecule has 144 valence electrons. The highest BCUT2D eigenvalue weighted by atomic mass is 35.5. The van der Waals surface area contributed by atoms with Crippen LogP contribution in [0.15, 0.2) is 35.3 Å². The number of amides is 1. The molecule has 0 radical (unpaired) electrons. The van der Waals surface area contributed by atoms with Crippen molar-refractivity contribution in [2.45, 2.75) is 58.5 Å². The second kappa shape index (κ2) is 9.93. The highest BCUT2D eigenvalue weighted by Gasteiger charge is 2.17. The first-order valence-electron chi connectivity index (χ1n) is 8.91. The summed E-state index contributed by atoms with van der Waals surface area (Å²) in [4.78, 5) is 16.4. The third-order valence-electron chi connectivity index (χ3n) is 3.20. The van der Waals surface area contributed by atoms with Gasteiger partial charge in [-0.15, -0.1) is 0 Å². The quantitative estimate of drug-likeness (QED) is 0.252. The first-order valence-corrected chi connectivity index (χ1v) is 13.0. The lowest BCUT2D eigenvalue weighted by atomic mass is 10.2. The van der Waals surface area contributed by atoms with E-state index in [9.17, 15) is 4.79 Å². The Morgan fingerprint density at radius 3 is 2.58 bits per heavy atom. The Balaban J connectivity index is 2.65. The Kier molecular flexibility index (Phi) is 8.57. The second-order valence-electron chi connectivity index (χ2n) is 8.42. The smallest absolute Gasteiger partial charge is 0.412 e. The van der Waals surface area contributed by atoms with Crippen molar-refractivity contribution < 1.29 is 9.53 Å².